The highest BCUT2D eigenvalue weighted by molar-refractivity contribution is 7.09. The largest absolute Gasteiger partial charge is 0.480 e. The Kier molecular flexibility index (Phi) is 4.59. The van der Waals surface area contributed by atoms with Crippen LogP contribution < -0.4 is 4.90 Å². The molecule has 0 bridgehead atoms. The van der Waals surface area contributed by atoms with Crippen molar-refractivity contribution in [2.45, 2.75) is 45.1 Å². The fourth-order valence-electron chi connectivity index (χ4n) is 2.05. The van der Waals surface area contributed by atoms with Crippen molar-refractivity contribution in [3.05, 3.63) is 5.82 Å². The van der Waals surface area contributed by atoms with E-state index in [2.05, 4.69) is 35.0 Å². The summed E-state index contributed by atoms with van der Waals surface area (Å²) in [5.74, 6) is -0.0341. The van der Waals surface area contributed by atoms with Crippen LogP contribution in [0.2, 0.25) is 0 Å². The molecule has 2 rings (SSSR count). The van der Waals surface area contributed by atoms with E-state index in [0.717, 1.165) is 36.9 Å². The van der Waals surface area contributed by atoms with Crippen LogP contribution in [0.4, 0.5) is 5.13 Å². The Morgan fingerprint density at radius 3 is 2.60 bits per heavy atom. The van der Waals surface area contributed by atoms with Crippen LogP contribution in [-0.4, -0.2) is 46.2 Å². The first kappa shape index (κ1) is 15.2. The molecule has 20 heavy (non-hydrogen) atoms. The Morgan fingerprint density at radius 1 is 1.45 bits per heavy atom. The molecule has 2 heterocycles. The van der Waals surface area contributed by atoms with Crippen LogP contribution in [0.3, 0.4) is 0 Å². The van der Waals surface area contributed by atoms with E-state index in [1.807, 2.05) is 0 Å². The molecular weight excluding hydrogens is 278 g/mol. The van der Waals surface area contributed by atoms with Gasteiger partial charge in [-0.1, -0.05) is 20.8 Å². The third-order valence-corrected chi connectivity index (χ3v) is 4.02. The predicted molar refractivity (Wildman–Crippen MR) is 77.4 cm³/mol. The van der Waals surface area contributed by atoms with Gasteiger partial charge >= 0.3 is 5.97 Å². The molecule has 0 aliphatic carbocycles. The highest BCUT2D eigenvalue weighted by Crippen LogP contribution is 2.27. The number of hydrogen-bond donors (Lipinski definition) is 1. The second-order valence-corrected chi connectivity index (χ2v) is 6.77. The second kappa shape index (κ2) is 6.05. The molecule has 1 aromatic rings. The molecule has 0 radical (unpaired) electrons. The van der Waals surface area contributed by atoms with Crippen molar-refractivity contribution >= 4 is 22.6 Å². The molecule has 0 spiro atoms. The molecule has 1 aliphatic rings. The second-order valence-electron chi connectivity index (χ2n) is 6.04. The molecule has 0 amide bonds. The van der Waals surface area contributed by atoms with Gasteiger partial charge in [-0.25, -0.2) is 9.78 Å². The molecular formula is C13H21N3O3S. The number of piperidine rings is 1. The van der Waals surface area contributed by atoms with Crippen molar-refractivity contribution in [1.82, 2.24) is 9.36 Å². The van der Waals surface area contributed by atoms with Crippen molar-refractivity contribution in [1.29, 1.82) is 0 Å². The van der Waals surface area contributed by atoms with Crippen molar-refractivity contribution in [3.8, 4) is 0 Å². The summed E-state index contributed by atoms with van der Waals surface area (Å²) in [5, 5.41) is 9.55. The molecule has 1 aromatic heterocycles. The third kappa shape index (κ3) is 3.89. The zero-order chi connectivity index (χ0) is 14.8. The number of carboxylic acid groups (broad SMARTS) is 1. The number of carboxylic acids is 1. The van der Waals surface area contributed by atoms with Gasteiger partial charge in [0.25, 0.3) is 0 Å². The average Bonchev–Trinajstić information content (AvgIpc) is 2.86. The van der Waals surface area contributed by atoms with Crippen molar-refractivity contribution in [2.24, 2.45) is 0 Å². The standard InChI is InChI=1S/C13H21N3O3S/c1-13(2,3)11-14-12(20-15-11)16-6-4-9(5-7-16)19-8-10(17)18/h9H,4-8H2,1-3H3,(H,17,18). The number of ether oxygens (including phenoxy) is 1. The summed E-state index contributed by atoms with van der Waals surface area (Å²) in [6.07, 6.45) is 1.70. The van der Waals surface area contributed by atoms with E-state index in [1.165, 1.54) is 11.5 Å². The number of hydrogen-bond acceptors (Lipinski definition) is 6. The zero-order valence-corrected chi connectivity index (χ0v) is 12.9. The van der Waals surface area contributed by atoms with Crippen molar-refractivity contribution in [3.63, 3.8) is 0 Å². The SMILES string of the molecule is CC(C)(C)c1nsc(N2CCC(OCC(=O)O)CC2)n1. The van der Waals surface area contributed by atoms with Crippen LogP contribution in [0.5, 0.6) is 0 Å². The summed E-state index contributed by atoms with van der Waals surface area (Å²) in [7, 11) is 0. The molecule has 0 atom stereocenters. The van der Waals surface area contributed by atoms with Gasteiger partial charge in [0.15, 0.2) is 0 Å². The van der Waals surface area contributed by atoms with Crippen LogP contribution in [0.1, 0.15) is 39.4 Å². The highest BCUT2D eigenvalue weighted by Gasteiger charge is 2.25. The molecule has 1 fully saturated rings. The van der Waals surface area contributed by atoms with E-state index in [0.29, 0.717) is 0 Å². The summed E-state index contributed by atoms with van der Waals surface area (Å²) in [4.78, 5) is 17.3. The number of aliphatic carboxylic acids is 1. The van der Waals surface area contributed by atoms with Gasteiger partial charge in [0.1, 0.15) is 12.4 Å². The topological polar surface area (TPSA) is 75.6 Å². The summed E-state index contributed by atoms with van der Waals surface area (Å²) < 4.78 is 9.75. The number of anilines is 1. The molecule has 6 nitrogen and oxygen atoms in total. The summed E-state index contributed by atoms with van der Waals surface area (Å²) in [6.45, 7) is 7.77. The van der Waals surface area contributed by atoms with E-state index in [9.17, 15) is 4.79 Å². The Bertz CT molecular complexity index is 462. The fourth-order valence-corrected chi connectivity index (χ4v) is 2.96. The van der Waals surface area contributed by atoms with Crippen LogP contribution >= 0.6 is 11.5 Å². The van der Waals surface area contributed by atoms with Gasteiger partial charge in [0.2, 0.25) is 5.13 Å². The summed E-state index contributed by atoms with van der Waals surface area (Å²) in [6, 6.07) is 0. The Balaban J connectivity index is 1.87. The van der Waals surface area contributed by atoms with Crippen molar-refractivity contribution < 1.29 is 14.6 Å². The molecule has 1 aliphatic heterocycles. The van der Waals surface area contributed by atoms with E-state index >= 15 is 0 Å². The predicted octanol–water partition coefficient (Wildman–Crippen LogP) is 1.91. The van der Waals surface area contributed by atoms with E-state index in [1.54, 1.807) is 0 Å². The third-order valence-electron chi connectivity index (χ3n) is 3.24. The smallest absolute Gasteiger partial charge is 0.329 e. The molecule has 1 N–H and O–H groups in total. The average molecular weight is 299 g/mol. The van der Waals surface area contributed by atoms with E-state index in [4.69, 9.17) is 9.84 Å². The quantitative estimate of drug-likeness (QED) is 0.915. The minimum absolute atomic E-state index is 0.0301. The lowest BCUT2D eigenvalue weighted by molar-refractivity contribution is -0.144. The van der Waals surface area contributed by atoms with E-state index < -0.39 is 5.97 Å². The molecule has 7 heteroatoms. The first-order chi connectivity index (χ1) is 9.36. The number of nitrogens with zero attached hydrogens (tertiary/aromatic N) is 3. The summed E-state index contributed by atoms with van der Waals surface area (Å²) in [5.41, 5.74) is -0.0301. The normalized spacial score (nSPS) is 17.4. The number of aromatic nitrogens is 2. The minimum Gasteiger partial charge on any atom is -0.480 e. The van der Waals surface area contributed by atoms with Gasteiger partial charge in [-0.15, -0.1) is 0 Å². The summed E-state index contributed by atoms with van der Waals surface area (Å²) >= 11 is 1.43. The fraction of sp³-hybridized carbons (Fsp3) is 0.769. The van der Waals surface area contributed by atoms with Crippen LogP contribution in [0, 0.1) is 0 Å². The first-order valence-corrected chi connectivity index (χ1v) is 7.56. The Hall–Kier alpha value is -1.21. The lowest BCUT2D eigenvalue weighted by Crippen LogP contribution is -2.37. The van der Waals surface area contributed by atoms with Crippen molar-refractivity contribution in [2.75, 3.05) is 24.6 Å². The Labute approximate surface area is 122 Å². The zero-order valence-electron chi connectivity index (χ0n) is 12.1. The maximum atomic E-state index is 10.5. The Morgan fingerprint density at radius 2 is 2.10 bits per heavy atom. The minimum atomic E-state index is -0.911. The maximum absolute atomic E-state index is 10.5. The van der Waals surface area contributed by atoms with Gasteiger partial charge in [-0.2, -0.15) is 4.37 Å². The highest BCUT2D eigenvalue weighted by atomic mass is 32.1. The van der Waals surface area contributed by atoms with Crippen LogP contribution in [-0.2, 0) is 14.9 Å². The number of carbonyl (C=O) groups is 1. The van der Waals surface area contributed by atoms with Gasteiger partial charge in [0.05, 0.1) is 6.10 Å². The van der Waals surface area contributed by atoms with E-state index in [-0.39, 0.29) is 18.1 Å². The molecule has 0 saturated carbocycles. The van der Waals surface area contributed by atoms with Gasteiger partial charge in [0, 0.05) is 30.0 Å². The van der Waals surface area contributed by atoms with Gasteiger partial charge in [-0.3, -0.25) is 0 Å². The molecule has 0 aromatic carbocycles. The molecule has 1 saturated heterocycles. The molecule has 0 unspecified atom stereocenters. The first-order valence-electron chi connectivity index (χ1n) is 6.79. The van der Waals surface area contributed by atoms with Crippen LogP contribution in [0.15, 0.2) is 0 Å². The van der Waals surface area contributed by atoms with Crippen LogP contribution in [0.25, 0.3) is 0 Å². The van der Waals surface area contributed by atoms with Gasteiger partial charge in [-0.05, 0) is 12.8 Å². The monoisotopic (exact) mass is 299 g/mol. The lowest BCUT2D eigenvalue weighted by atomic mass is 9.96. The lowest BCUT2D eigenvalue weighted by Gasteiger charge is -2.31. The maximum Gasteiger partial charge on any atom is 0.329 e. The number of rotatable bonds is 4. The molecule has 112 valence electrons. The van der Waals surface area contributed by atoms with Gasteiger partial charge < -0.3 is 14.7 Å².